The fourth-order valence-electron chi connectivity index (χ4n) is 2.50. The molecule has 1 fully saturated rings. The van der Waals surface area contributed by atoms with Crippen LogP contribution in [0.15, 0.2) is 23.2 Å². The predicted molar refractivity (Wildman–Crippen MR) is 98.4 cm³/mol. The van der Waals surface area contributed by atoms with E-state index in [2.05, 4.69) is 4.99 Å². The molecule has 1 saturated heterocycles. The number of nitrogens with zero attached hydrogens (tertiary/aromatic N) is 3. The summed E-state index contributed by atoms with van der Waals surface area (Å²) in [5.41, 5.74) is 5.93. The molecule has 25 heavy (non-hydrogen) atoms. The van der Waals surface area contributed by atoms with Crippen molar-refractivity contribution in [2.24, 2.45) is 10.7 Å². The van der Waals surface area contributed by atoms with E-state index in [1.807, 2.05) is 25.7 Å². The first-order valence-corrected chi connectivity index (χ1v) is 8.65. The molecule has 8 heteroatoms. The number of anilines is 1. The summed E-state index contributed by atoms with van der Waals surface area (Å²) < 4.78 is 19.6. The molecule has 1 aromatic rings. The Balaban J connectivity index is 2.11. The summed E-state index contributed by atoms with van der Waals surface area (Å²) in [6.07, 6.45) is -0.337. The molecular weight excluding hydrogens is 347 g/mol. The molecule has 1 aliphatic heterocycles. The van der Waals surface area contributed by atoms with Crippen LogP contribution < -0.4 is 10.6 Å². The highest BCUT2D eigenvalue weighted by molar-refractivity contribution is 6.28. The molecule has 1 aliphatic rings. The molecule has 0 aromatic heterocycles. The molecule has 0 unspecified atom stereocenters. The third-order valence-corrected chi connectivity index (χ3v) is 3.90. The highest BCUT2D eigenvalue weighted by atomic mass is 35.5. The summed E-state index contributed by atoms with van der Waals surface area (Å²) >= 11 is 5.65. The first kappa shape index (κ1) is 19.3. The second-order valence-corrected chi connectivity index (χ2v) is 7.07. The van der Waals surface area contributed by atoms with Gasteiger partial charge in [-0.1, -0.05) is 6.07 Å². The van der Waals surface area contributed by atoms with E-state index in [4.69, 9.17) is 22.1 Å². The van der Waals surface area contributed by atoms with Gasteiger partial charge in [0.25, 0.3) is 0 Å². The summed E-state index contributed by atoms with van der Waals surface area (Å²) in [5.74, 6) is -0.277. The van der Waals surface area contributed by atoms with Crippen molar-refractivity contribution in [3.63, 3.8) is 0 Å². The van der Waals surface area contributed by atoms with Crippen LogP contribution >= 0.6 is 11.6 Å². The first-order valence-electron chi connectivity index (χ1n) is 8.11. The monoisotopic (exact) mass is 370 g/mol. The van der Waals surface area contributed by atoms with E-state index >= 15 is 0 Å². The zero-order valence-electron chi connectivity index (χ0n) is 14.8. The van der Waals surface area contributed by atoms with Gasteiger partial charge in [-0.2, -0.15) is 0 Å². The van der Waals surface area contributed by atoms with Crippen LogP contribution in [0.2, 0.25) is 0 Å². The maximum atomic E-state index is 14.2. The average molecular weight is 371 g/mol. The number of hydrogen-bond acceptors (Lipinski definition) is 4. The normalized spacial score (nSPS) is 16.1. The van der Waals surface area contributed by atoms with Crippen molar-refractivity contribution < 1.29 is 13.9 Å². The fourth-order valence-corrected chi connectivity index (χ4v) is 2.56. The van der Waals surface area contributed by atoms with Crippen LogP contribution in [0, 0.1) is 5.82 Å². The zero-order chi connectivity index (χ0) is 18.6. The van der Waals surface area contributed by atoms with Gasteiger partial charge in [-0.05, 0) is 32.9 Å². The smallest absolute Gasteiger partial charge is 0.410 e. The molecule has 0 radical (unpaired) electrons. The molecule has 2 rings (SSSR count). The van der Waals surface area contributed by atoms with Crippen LogP contribution in [0.25, 0.3) is 0 Å². The van der Waals surface area contributed by atoms with E-state index in [0.29, 0.717) is 31.9 Å². The van der Waals surface area contributed by atoms with Crippen LogP contribution in [0.4, 0.5) is 20.6 Å². The average Bonchev–Trinajstić information content (AvgIpc) is 2.55. The summed E-state index contributed by atoms with van der Waals surface area (Å²) in [7, 11) is 0. The summed E-state index contributed by atoms with van der Waals surface area (Å²) in [6.45, 7) is 7.56. The molecule has 1 aromatic carbocycles. The highest BCUT2D eigenvalue weighted by Gasteiger charge is 2.27. The summed E-state index contributed by atoms with van der Waals surface area (Å²) in [6, 6.07) is 4.74. The number of halogens is 2. The van der Waals surface area contributed by atoms with Crippen molar-refractivity contribution in [3.8, 4) is 0 Å². The Morgan fingerprint density at radius 3 is 2.52 bits per heavy atom. The molecule has 6 nitrogen and oxygen atoms in total. The zero-order valence-corrected chi connectivity index (χ0v) is 15.5. The number of rotatable bonds is 3. The van der Waals surface area contributed by atoms with Gasteiger partial charge in [-0.15, -0.1) is 11.6 Å². The Kier molecular flexibility index (Phi) is 6.11. The van der Waals surface area contributed by atoms with Crippen molar-refractivity contribution in [2.45, 2.75) is 26.4 Å². The number of para-hydroxylation sites is 1. The van der Waals surface area contributed by atoms with Gasteiger partial charge in [0, 0.05) is 26.2 Å². The Bertz CT molecular complexity index is 653. The van der Waals surface area contributed by atoms with Crippen LogP contribution in [0.1, 0.15) is 20.8 Å². The van der Waals surface area contributed by atoms with Gasteiger partial charge < -0.3 is 20.3 Å². The van der Waals surface area contributed by atoms with Gasteiger partial charge in [0.05, 0.1) is 11.6 Å². The van der Waals surface area contributed by atoms with E-state index in [1.54, 1.807) is 17.0 Å². The largest absolute Gasteiger partial charge is 0.444 e. The van der Waals surface area contributed by atoms with Gasteiger partial charge in [0.2, 0.25) is 0 Å². The van der Waals surface area contributed by atoms with Crippen LogP contribution in [-0.4, -0.2) is 54.5 Å². The van der Waals surface area contributed by atoms with Crippen molar-refractivity contribution in [1.82, 2.24) is 4.90 Å². The summed E-state index contributed by atoms with van der Waals surface area (Å²) in [4.78, 5) is 19.9. The van der Waals surface area contributed by atoms with Crippen LogP contribution in [0.5, 0.6) is 0 Å². The maximum Gasteiger partial charge on any atom is 0.410 e. The number of carbonyl (C=O) groups is 1. The maximum absolute atomic E-state index is 14.2. The molecule has 0 saturated carbocycles. The van der Waals surface area contributed by atoms with Gasteiger partial charge >= 0.3 is 6.09 Å². The minimum Gasteiger partial charge on any atom is -0.444 e. The lowest BCUT2D eigenvalue weighted by atomic mass is 10.2. The number of benzene rings is 1. The highest BCUT2D eigenvalue weighted by Crippen LogP contribution is 2.32. The second kappa shape index (κ2) is 7.91. The van der Waals surface area contributed by atoms with Crippen molar-refractivity contribution >= 4 is 34.9 Å². The number of ether oxygens (including phenoxy) is 1. The molecule has 0 atom stereocenters. The lowest BCUT2D eigenvalue weighted by Crippen LogP contribution is -2.50. The van der Waals surface area contributed by atoms with Gasteiger partial charge in [0.15, 0.2) is 5.82 Å². The lowest BCUT2D eigenvalue weighted by Gasteiger charge is -2.37. The number of amides is 1. The quantitative estimate of drug-likeness (QED) is 0.504. The number of piperazine rings is 1. The van der Waals surface area contributed by atoms with E-state index in [-0.39, 0.29) is 23.5 Å². The Morgan fingerprint density at radius 1 is 1.32 bits per heavy atom. The topological polar surface area (TPSA) is 71.2 Å². The van der Waals surface area contributed by atoms with Crippen LogP contribution in [0.3, 0.4) is 0 Å². The van der Waals surface area contributed by atoms with Crippen molar-refractivity contribution in [3.05, 3.63) is 24.0 Å². The number of alkyl halides is 1. The first-order chi connectivity index (χ1) is 11.7. The van der Waals surface area contributed by atoms with E-state index < -0.39 is 11.4 Å². The Hall–Kier alpha value is -2.02. The fraction of sp³-hybridized carbons (Fsp3) is 0.529. The van der Waals surface area contributed by atoms with Crippen molar-refractivity contribution in [2.75, 3.05) is 37.0 Å². The standard InChI is InChI=1S/C17H24ClFN4O2/c1-17(2,3)25-16(24)23-9-7-22(8-10-23)13-6-4-5-12(19)15(13)21-14(20)11-18/h4-6H,7-11H2,1-3H3,(H2,20,21). The van der Waals surface area contributed by atoms with Gasteiger partial charge in [-0.3, -0.25) is 0 Å². The number of aliphatic imine (C=N–C) groups is 1. The third-order valence-electron chi connectivity index (χ3n) is 3.63. The van der Waals surface area contributed by atoms with E-state index in [1.165, 1.54) is 6.07 Å². The van der Waals surface area contributed by atoms with Crippen molar-refractivity contribution in [1.29, 1.82) is 0 Å². The van der Waals surface area contributed by atoms with Gasteiger partial charge in [-0.25, -0.2) is 14.2 Å². The number of carbonyl (C=O) groups excluding carboxylic acids is 1. The van der Waals surface area contributed by atoms with Crippen LogP contribution in [-0.2, 0) is 4.74 Å². The summed E-state index contributed by atoms with van der Waals surface area (Å²) in [5, 5.41) is 0. The molecule has 0 aliphatic carbocycles. The number of nitrogens with two attached hydrogens (primary N) is 1. The molecule has 1 heterocycles. The number of hydrogen-bond donors (Lipinski definition) is 1. The molecular formula is C17H24ClFN4O2. The molecule has 1 amide bonds. The minimum absolute atomic E-state index is 0.0280. The van der Waals surface area contributed by atoms with E-state index in [0.717, 1.165) is 0 Å². The third kappa shape index (κ3) is 5.22. The molecule has 0 spiro atoms. The van der Waals surface area contributed by atoms with Gasteiger partial charge in [0.1, 0.15) is 17.1 Å². The second-order valence-electron chi connectivity index (χ2n) is 6.80. The predicted octanol–water partition coefficient (Wildman–Crippen LogP) is 3.11. The SMILES string of the molecule is CC(C)(C)OC(=O)N1CCN(c2cccc(F)c2N=C(N)CCl)CC1. The Morgan fingerprint density at radius 2 is 1.96 bits per heavy atom. The lowest BCUT2D eigenvalue weighted by molar-refractivity contribution is 0.0240. The molecule has 138 valence electrons. The number of amidine groups is 1. The molecule has 2 N–H and O–H groups in total. The minimum atomic E-state index is -0.530. The Labute approximate surface area is 152 Å². The molecule has 0 bridgehead atoms. The van der Waals surface area contributed by atoms with E-state index in [9.17, 15) is 9.18 Å².